The van der Waals surface area contributed by atoms with E-state index < -0.39 is 0 Å². The van der Waals surface area contributed by atoms with Crippen molar-refractivity contribution in [2.24, 2.45) is 5.10 Å². The van der Waals surface area contributed by atoms with Crippen molar-refractivity contribution in [3.05, 3.63) is 75.7 Å². The lowest BCUT2D eigenvalue weighted by atomic mass is 10.2. The molecule has 0 saturated heterocycles. The highest BCUT2D eigenvalue weighted by Crippen LogP contribution is 2.28. The van der Waals surface area contributed by atoms with E-state index in [1.807, 2.05) is 67.8 Å². The number of amides is 1. The number of hydrogen-bond acceptors (Lipinski definition) is 6. The van der Waals surface area contributed by atoms with Crippen LogP contribution in [0.3, 0.4) is 0 Å². The van der Waals surface area contributed by atoms with Gasteiger partial charge >= 0.3 is 0 Å². The highest BCUT2D eigenvalue weighted by molar-refractivity contribution is 7.09. The van der Waals surface area contributed by atoms with Gasteiger partial charge in [0.1, 0.15) is 11.6 Å². The van der Waals surface area contributed by atoms with Crippen LogP contribution in [-0.2, 0) is 17.8 Å². The average Bonchev–Trinajstić information content (AvgIpc) is 3.13. The van der Waals surface area contributed by atoms with Gasteiger partial charge in [-0.15, -0.1) is 11.3 Å². The number of thiazole rings is 1. The number of ether oxygens (including phenoxy) is 2. The van der Waals surface area contributed by atoms with Gasteiger partial charge in [-0.05, 0) is 43.2 Å². The second-order valence-corrected chi connectivity index (χ2v) is 7.21. The van der Waals surface area contributed by atoms with E-state index in [2.05, 4.69) is 15.5 Å². The van der Waals surface area contributed by atoms with Gasteiger partial charge in [-0.1, -0.05) is 30.3 Å². The molecule has 6 nitrogen and oxygen atoms in total. The first-order chi connectivity index (χ1) is 14.1. The van der Waals surface area contributed by atoms with Gasteiger partial charge in [-0.25, -0.2) is 10.4 Å². The van der Waals surface area contributed by atoms with Crippen LogP contribution >= 0.6 is 11.3 Å². The van der Waals surface area contributed by atoms with E-state index in [9.17, 15) is 4.79 Å². The lowest BCUT2D eigenvalue weighted by Crippen LogP contribution is -2.19. The Morgan fingerprint density at radius 2 is 2.00 bits per heavy atom. The van der Waals surface area contributed by atoms with Crippen LogP contribution < -0.4 is 14.9 Å². The van der Waals surface area contributed by atoms with E-state index in [1.54, 1.807) is 6.21 Å². The lowest BCUT2D eigenvalue weighted by Gasteiger charge is -2.12. The van der Waals surface area contributed by atoms with Crippen LogP contribution in [0.4, 0.5) is 0 Å². The normalized spacial score (nSPS) is 10.8. The summed E-state index contributed by atoms with van der Waals surface area (Å²) in [6.45, 7) is 4.80. The molecule has 0 bridgehead atoms. The Bertz CT molecular complexity index is 970. The highest BCUT2D eigenvalue weighted by Gasteiger charge is 2.08. The van der Waals surface area contributed by atoms with Crippen molar-refractivity contribution in [3.63, 3.8) is 0 Å². The molecular weight excluding hydrogens is 386 g/mol. The first-order valence-corrected chi connectivity index (χ1v) is 10.2. The van der Waals surface area contributed by atoms with Gasteiger partial charge in [-0.3, -0.25) is 4.79 Å². The second kappa shape index (κ2) is 10.4. The van der Waals surface area contributed by atoms with Gasteiger partial charge in [-0.2, -0.15) is 5.10 Å². The molecule has 7 heteroatoms. The first-order valence-electron chi connectivity index (χ1n) is 9.30. The minimum Gasteiger partial charge on any atom is -0.490 e. The second-order valence-electron chi connectivity index (χ2n) is 6.27. The van der Waals surface area contributed by atoms with E-state index in [0.29, 0.717) is 24.7 Å². The maximum Gasteiger partial charge on any atom is 0.246 e. The fourth-order valence-electron chi connectivity index (χ4n) is 2.57. The minimum atomic E-state index is -0.205. The molecule has 0 aliphatic heterocycles. The van der Waals surface area contributed by atoms with Crippen LogP contribution in [0, 0.1) is 6.92 Å². The number of nitrogens with zero attached hydrogens (tertiary/aromatic N) is 2. The molecular formula is C22H23N3O3S. The summed E-state index contributed by atoms with van der Waals surface area (Å²) in [4.78, 5) is 16.2. The molecule has 150 valence electrons. The number of hydrazone groups is 1. The van der Waals surface area contributed by atoms with Crippen molar-refractivity contribution < 1.29 is 14.3 Å². The third-order valence-corrected chi connectivity index (χ3v) is 4.85. The Morgan fingerprint density at radius 3 is 2.72 bits per heavy atom. The van der Waals surface area contributed by atoms with Crippen LogP contribution in [0.1, 0.15) is 28.8 Å². The van der Waals surface area contributed by atoms with E-state index in [4.69, 9.17) is 9.47 Å². The fourth-order valence-corrected chi connectivity index (χ4v) is 3.34. The van der Waals surface area contributed by atoms with E-state index in [0.717, 1.165) is 21.8 Å². The topological polar surface area (TPSA) is 72.8 Å². The van der Waals surface area contributed by atoms with Gasteiger partial charge in [0.2, 0.25) is 5.91 Å². The monoisotopic (exact) mass is 409 g/mol. The van der Waals surface area contributed by atoms with Crippen molar-refractivity contribution in [2.75, 3.05) is 6.61 Å². The summed E-state index contributed by atoms with van der Waals surface area (Å²) in [6, 6.07) is 15.5. The Morgan fingerprint density at radius 1 is 1.17 bits per heavy atom. The number of carbonyl (C=O) groups is 1. The molecule has 0 atom stereocenters. The largest absolute Gasteiger partial charge is 0.490 e. The van der Waals surface area contributed by atoms with Crippen molar-refractivity contribution in [1.29, 1.82) is 0 Å². The molecule has 0 aliphatic carbocycles. The maximum atomic E-state index is 12.0. The number of hydrogen-bond donors (Lipinski definition) is 1. The van der Waals surface area contributed by atoms with Gasteiger partial charge in [0, 0.05) is 11.1 Å². The number of carbonyl (C=O) groups excluding carboxylic acids is 1. The zero-order chi connectivity index (χ0) is 20.5. The number of aryl methyl sites for hydroxylation is 1. The van der Waals surface area contributed by atoms with Crippen molar-refractivity contribution in [1.82, 2.24) is 10.4 Å². The number of aromatic nitrogens is 1. The summed E-state index contributed by atoms with van der Waals surface area (Å²) in [5.74, 6) is 1.09. The summed E-state index contributed by atoms with van der Waals surface area (Å²) < 4.78 is 11.6. The SMILES string of the molecule is CCOc1cc(/C=N\NC(=O)Cc2nc(C)cs2)ccc1OCc1ccccc1. The Kier molecular flexibility index (Phi) is 7.35. The van der Waals surface area contributed by atoms with Crippen LogP contribution in [0.2, 0.25) is 0 Å². The molecule has 0 aliphatic rings. The number of nitrogens with one attached hydrogen (secondary N) is 1. The fraction of sp³-hybridized carbons (Fsp3) is 0.227. The van der Waals surface area contributed by atoms with E-state index in [-0.39, 0.29) is 12.3 Å². The predicted octanol–water partition coefficient (Wildman–Crippen LogP) is 4.12. The van der Waals surface area contributed by atoms with Crippen LogP contribution in [0.15, 0.2) is 59.0 Å². The molecule has 2 aromatic carbocycles. The van der Waals surface area contributed by atoms with Crippen molar-refractivity contribution in [2.45, 2.75) is 26.9 Å². The highest BCUT2D eigenvalue weighted by atomic mass is 32.1. The van der Waals surface area contributed by atoms with Gasteiger partial charge in [0.15, 0.2) is 11.5 Å². The molecule has 1 heterocycles. The molecule has 29 heavy (non-hydrogen) atoms. The zero-order valence-corrected chi connectivity index (χ0v) is 17.2. The first kappa shape index (κ1) is 20.5. The van der Waals surface area contributed by atoms with Gasteiger partial charge in [0.25, 0.3) is 0 Å². The number of benzene rings is 2. The van der Waals surface area contributed by atoms with Crippen LogP contribution in [0.25, 0.3) is 0 Å². The Hall–Kier alpha value is -3.19. The van der Waals surface area contributed by atoms with Gasteiger partial charge in [0.05, 0.1) is 19.2 Å². The van der Waals surface area contributed by atoms with E-state index in [1.165, 1.54) is 11.3 Å². The van der Waals surface area contributed by atoms with Crippen molar-refractivity contribution in [3.8, 4) is 11.5 Å². The van der Waals surface area contributed by atoms with Crippen molar-refractivity contribution >= 4 is 23.5 Å². The van der Waals surface area contributed by atoms with Crippen LogP contribution in [0.5, 0.6) is 11.5 Å². The summed E-state index contributed by atoms with van der Waals surface area (Å²) in [7, 11) is 0. The molecule has 1 amide bonds. The molecule has 0 saturated carbocycles. The standard InChI is InChI=1S/C22H23N3O3S/c1-3-27-20-11-18(9-10-19(20)28-14-17-7-5-4-6-8-17)13-23-25-21(26)12-22-24-16(2)15-29-22/h4-11,13,15H,3,12,14H2,1-2H3,(H,25,26)/b23-13-. The Labute approximate surface area is 174 Å². The maximum absolute atomic E-state index is 12.0. The molecule has 0 radical (unpaired) electrons. The predicted molar refractivity (Wildman–Crippen MR) is 115 cm³/mol. The molecule has 0 spiro atoms. The summed E-state index contributed by atoms with van der Waals surface area (Å²) in [6.07, 6.45) is 1.79. The quantitative estimate of drug-likeness (QED) is 0.426. The number of rotatable bonds is 9. The van der Waals surface area contributed by atoms with Crippen LogP contribution in [-0.4, -0.2) is 23.7 Å². The molecule has 3 aromatic rings. The minimum absolute atomic E-state index is 0.205. The third kappa shape index (κ3) is 6.43. The summed E-state index contributed by atoms with van der Waals surface area (Å²) in [5, 5.41) is 6.72. The molecule has 0 fully saturated rings. The molecule has 3 rings (SSSR count). The smallest absolute Gasteiger partial charge is 0.246 e. The molecule has 1 aromatic heterocycles. The Balaban J connectivity index is 1.59. The summed E-state index contributed by atoms with van der Waals surface area (Å²) in [5.41, 5.74) is 5.32. The molecule has 1 N–H and O–H groups in total. The average molecular weight is 410 g/mol. The third-order valence-electron chi connectivity index (χ3n) is 3.89. The summed E-state index contributed by atoms with van der Waals surface area (Å²) >= 11 is 1.47. The molecule has 0 unspecified atom stereocenters. The zero-order valence-electron chi connectivity index (χ0n) is 16.4. The van der Waals surface area contributed by atoms with Gasteiger partial charge < -0.3 is 9.47 Å². The lowest BCUT2D eigenvalue weighted by molar-refractivity contribution is -0.120. The van der Waals surface area contributed by atoms with E-state index >= 15 is 0 Å².